The van der Waals surface area contributed by atoms with Gasteiger partial charge in [0.2, 0.25) is 5.91 Å². The molecule has 30 heavy (non-hydrogen) atoms. The van der Waals surface area contributed by atoms with Gasteiger partial charge < -0.3 is 25.4 Å². The number of halogens is 2. The Morgan fingerprint density at radius 1 is 1.37 bits per heavy atom. The number of aliphatic hydroxyl groups is 1. The van der Waals surface area contributed by atoms with Crippen molar-refractivity contribution in [3.63, 3.8) is 0 Å². The third-order valence-corrected chi connectivity index (χ3v) is 4.46. The number of carbonyl (C=O) groups is 3. The largest absolute Gasteiger partial charge is 0.410 e. The number of benzene rings is 1. The minimum atomic E-state index is -2.35. The molecule has 1 saturated heterocycles. The Bertz CT molecular complexity index is 967. The third kappa shape index (κ3) is 5.02. The van der Waals surface area contributed by atoms with Gasteiger partial charge in [-0.25, -0.2) is 14.2 Å². The van der Waals surface area contributed by atoms with Crippen LogP contribution in [0.15, 0.2) is 36.5 Å². The summed E-state index contributed by atoms with van der Waals surface area (Å²) in [5.74, 6) is -3.73. The number of pyridine rings is 1. The molecule has 1 aromatic heterocycles. The molecule has 158 valence electrons. The van der Waals surface area contributed by atoms with Crippen LogP contribution in [0.2, 0.25) is 5.02 Å². The first-order valence-electron chi connectivity index (χ1n) is 8.86. The van der Waals surface area contributed by atoms with Crippen LogP contribution in [-0.4, -0.2) is 40.3 Å². The molecule has 1 aromatic carbocycles. The fourth-order valence-electron chi connectivity index (χ4n) is 2.90. The lowest BCUT2D eigenvalue weighted by atomic mass is 10.2. The average Bonchev–Trinajstić information content (AvgIpc) is 2.94. The molecule has 3 amide bonds. The first-order chi connectivity index (χ1) is 14.2. The minimum Gasteiger partial charge on any atom is -0.407 e. The number of hydrogen-bond donors (Lipinski definition) is 3. The fraction of sp³-hybridized carbons (Fsp3) is 0.263. The average molecular weight is 437 g/mol. The van der Waals surface area contributed by atoms with Gasteiger partial charge in [-0.1, -0.05) is 11.6 Å². The van der Waals surface area contributed by atoms with Crippen LogP contribution in [0.4, 0.5) is 20.7 Å². The molecule has 2 aromatic rings. The van der Waals surface area contributed by atoms with E-state index >= 15 is 0 Å². The Morgan fingerprint density at radius 2 is 2.13 bits per heavy atom. The SMILES string of the molecule is CC(=O)Nc1ccc(N2CCC(O)(OC(=O)NCc3cc(F)cc(Cl)c3)C2=O)cn1. The Hall–Kier alpha value is -3.24. The Balaban J connectivity index is 1.60. The van der Waals surface area contributed by atoms with E-state index in [1.165, 1.54) is 42.3 Å². The number of alkyl carbamates (subject to hydrolysis) is 1. The van der Waals surface area contributed by atoms with E-state index in [1.807, 2.05) is 0 Å². The van der Waals surface area contributed by atoms with Gasteiger partial charge in [-0.3, -0.25) is 9.59 Å². The molecule has 0 radical (unpaired) electrons. The first kappa shape index (κ1) is 21.5. The van der Waals surface area contributed by atoms with Crippen molar-refractivity contribution in [3.05, 3.63) is 52.9 Å². The van der Waals surface area contributed by atoms with E-state index in [9.17, 15) is 23.9 Å². The number of ether oxygens (including phenoxy) is 1. The van der Waals surface area contributed by atoms with Gasteiger partial charge in [-0.05, 0) is 35.9 Å². The second kappa shape index (κ2) is 8.64. The molecule has 1 aliphatic rings. The summed E-state index contributed by atoms with van der Waals surface area (Å²) in [6, 6.07) is 6.80. The molecule has 1 unspecified atom stereocenters. The van der Waals surface area contributed by atoms with Gasteiger partial charge in [-0.2, -0.15) is 0 Å². The molecule has 1 aliphatic heterocycles. The summed E-state index contributed by atoms with van der Waals surface area (Å²) in [5.41, 5.74) is 0.747. The van der Waals surface area contributed by atoms with Crippen LogP contribution in [0.25, 0.3) is 0 Å². The zero-order chi connectivity index (χ0) is 21.9. The maximum Gasteiger partial charge on any atom is 0.410 e. The van der Waals surface area contributed by atoms with E-state index in [1.54, 1.807) is 0 Å². The topological polar surface area (TPSA) is 121 Å². The Kier molecular flexibility index (Phi) is 6.18. The van der Waals surface area contributed by atoms with E-state index in [-0.39, 0.29) is 30.4 Å². The Labute approximate surface area is 175 Å². The first-order valence-corrected chi connectivity index (χ1v) is 9.24. The van der Waals surface area contributed by atoms with Gasteiger partial charge in [0.25, 0.3) is 11.7 Å². The smallest absolute Gasteiger partial charge is 0.407 e. The van der Waals surface area contributed by atoms with Crippen LogP contribution in [0, 0.1) is 5.82 Å². The van der Waals surface area contributed by atoms with Crippen molar-refractivity contribution in [2.24, 2.45) is 0 Å². The molecule has 0 aliphatic carbocycles. The van der Waals surface area contributed by atoms with Crippen molar-refractivity contribution in [2.75, 3.05) is 16.8 Å². The molecule has 11 heteroatoms. The van der Waals surface area contributed by atoms with Crippen molar-refractivity contribution >= 4 is 41.0 Å². The van der Waals surface area contributed by atoms with Crippen LogP contribution in [0.5, 0.6) is 0 Å². The Morgan fingerprint density at radius 3 is 2.77 bits per heavy atom. The normalized spacial score (nSPS) is 18.3. The number of nitrogens with zero attached hydrogens (tertiary/aromatic N) is 2. The second-order valence-corrected chi connectivity index (χ2v) is 7.03. The van der Waals surface area contributed by atoms with Crippen molar-refractivity contribution in [3.8, 4) is 0 Å². The van der Waals surface area contributed by atoms with Crippen LogP contribution in [-0.2, 0) is 20.9 Å². The van der Waals surface area contributed by atoms with Gasteiger partial charge >= 0.3 is 6.09 Å². The molecule has 3 rings (SSSR count). The van der Waals surface area contributed by atoms with E-state index in [0.29, 0.717) is 17.1 Å². The van der Waals surface area contributed by atoms with Crippen LogP contribution < -0.4 is 15.5 Å². The minimum absolute atomic E-state index is 0.0866. The van der Waals surface area contributed by atoms with Gasteiger partial charge in [0.15, 0.2) is 0 Å². The summed E-state index contributed by atoms with van der Waals surface area (Å²) in [7, 11) is 0. The molecule has 0 bridgehead atoms. The molecule has 0 spiro atoms. The van der Waals surface area contributed by atoms with Crippen molar-refractivity contribution in [2.45, 2.75) is 25.7 Å². The number of carbonyl (C=O) groups excluding carboxylic acids is 3. The monoisotopic (exact) mass is 436 g/mol. The van der Waals surface area contributed by atoms with E-state index in [2.05, 4.69) is 15.6 Å². The number of aromatic nitrogens is 1. The fourth-order valence-corrected chi connectivity index (χ4v) is 3.14. The molecule has 2 heterocycles. The van der Waals surface area contributed by atoms with Crippen LogP contribution >= 0.6 is 11.6 Å². The summed E-state index contributed by atoms with van der Waals surface area (Å²) < 4.78 is 18.3. The van der Waals surface area contributed by atoms with Crippen molar-refractivity contribution in [1.82, 2.24) is 10.3 Å². The highest BCUT2D eigenvalue weighted by Gasteiger charge is 2.49. The molecule has 9 nitrogen and oxygen atoms in total. The molecule has 0 saturated carbocycles. The van der Waals surface area contributed by atoms with Crippen LogP contribution in [0.3, 0.4) is 0 Å². The zero-order valence-corrected chi connectivity index (χ0v) is 16.6. The molecule has 1 atom stereocenters. The van der Waals surface area contributed by atoms with Gasteiger partial charge in [0, 0.05) is 31.5 Å². The summed E-state index contributed by atoms with van der Waals surface area (Å²) in [6.07, 6.45) is 0.147. The summed E-state index contributed by atoms with van der Waals surface area (Å²) >= 11 is 5.75. The lowest BCUT2D eigenvalue weighted by Gasteiger charge is -2.22. The lowest BCUT2D eigenvalue weighted by Crippen LogP contribution is -2.46. The number of rotatable bonds is 5. The van der Waals surface area contributed by atoms with Crippen molar-refractivity contribution in [1.29, 1.82) is 0 Å². The summed E-state index contributed by atoms with van der Waals surface area (Å²) in [4.78, 5) is 40.9. The number of amides is 3. The molecular formula is C19H18ClFN4O5. The predicted molar refractivity (Wildman–Crippen MR) is 105 cm³/mol. The maximum absolute atomic E-state index is 13.3. The quantitative estimate of drug-likeness (QED) is 0.618. The predicted octanol–water partition coefficient (Wildman–Crippen LogP) is 2.18. The number of nitrogens with one attached hydrogen (secondary N) is 2. The molecule has 1 fully saturated rings. The van der Waals surface area contributed by atoms with Gasteiger partial charge in [0.05, 0.1) is 11.9 Å². The van der Waals surface area contributed by atoms with E-state index in [4.69, 9.17) is 16.3 Å². The summed E-state index contributed by atoms with van der Waals surface area (Å²) in [6.45, 7) is 1.31. The molecule has 3 N–H and O–H groups in total. The highest BCUT2D eigenvalue weighted by Crippen LogP contribution is 2.29. The standard InChI is InChI=1S/C19H18ClFN4O5/c1-11(26)24-16-3-2-15(10-22-16)25-5-4-19(29,17(25)27)30-18(28)23-9-12-6-13(20)8-14(21)7-12/h2-3,6-8,10,29H,4-5,9H2,1H3,(H,23,28)(H,22,24,26). The number of anilines is 2. The zero-order valence-electron chi connectivity index (χ0n) is 15.8. The third-order valence-electron chi connectivity index (χ3n) is 4.24. The number of hydrogen-bond acceptors (Lipinski definition) is 6. The van der Waals surface area contributed by atoms with Crippen LogP contribution in [0.1, 0.15) is 18.9 Å². The second-order valence-electron chi connectivity index (χ2n) is 6.59. The van der Waals surface area contributed by atoms with Gasteiger partial charge in [-0.15, -0.1) is 0 Å². The summed E-state index contributed by atoms with van der Waals surface area (Å²) in [5, 5.41) is 15.5. The van der Waals surface area contributed by atoms with Gasteiger partial charge in [0.1, 0.15) is 11.6 Å². The van der Waals surface area contributed by atoms with Crippen molar-refractivity contribution < 1.29 is 28.6 Å². The highest BCUT2D eigenvalue weighted by molar-refractivity contribution is 6.30. The molecular weight excluding hydrogens is 419 g/mol. The maximum atomic E-state index is 13.3. The lowest BCUT2D eigenvalue weighted by molar-refractivity contribution is -0.175. The van der Waals surface area contributed by atoms with E-state index < -0.39 is 23.6 Å². The highest BCUT2D eigenvalue weighted by atomic mass is 35.5. The van der Waals surface area contributed by atoms with E-state index in [0.717, 1.165) is 6.07 Å².